The van der Waals surface area contributed by atoms with Gasteiger partial charge in [-0.3, -0.25) is 0 Å². The molecule has 6 heavy (non-hydrogen) atoms. The van der Waals surface area contributed by atoms with E-state index in [1.165, 1.54) is 19.4 Å². The second-order valence-corrected chi connectivity index (χ2v) is 1.60. The number of aliphatic imine (C=N–C) groups is 1. The minimum atomic E-state index is 1.41. The third kappa shape index (κ3) is 3.97. The second-order valence-electron chi connectivity index (χ2n) is 0.627. The van der Waals surface area contributed by atoms with E-state index in [0.29, 0.717) is 0 Å². The standard InChI is InChI=1S/C4H4N.W/c1-3-4-5-2;/h1-4H;/q-1;/b4-3-;. The van der Waals surface area contributed by atoms with Crippen molar-refractivity contribution < 1.29 is 19.4 Å². The van der Waals surface area contributed by atoms with Gasteiger partial charge in [0, 0.05) is 0 Å². The van der Waals surface area contributed by atoms with Gasteiger partial charge in [0.1, 0.15) is 0 Å². The van der Waals surface area contributed by atoms with Crippen LogP contribution in [0, 0.1) is 0 Å². The average molecular weight is 250 g/mol. The van der Waals surface area contributed by atoms with Crippen molar-refractivity contribution >= 4 is 11.1 Å². The van der Waals surface area contributed by atoms with Gasteiger partial charge in [0.05, 0.1) is 0 Å². The van der Waals surface area contributed by atoms with E-state index in [1.54, 1.807) is 12.3 Å². The molecular formula is C4H4NW-. The molecule has 0 aliphatic heterocycles. The van der Waals surface area contributed by atoms with E-state index in [-0.39, 0.29) is 0 Å². The van der Waals surface area contributed by atoms with Crippen molar-refractivity contribution in [1.82, 2.24) is 0 Å². The summed E-state index contributed by atoms with van der Waals surface area (Å²) >= 11 is 1.41. The Morgan fingerprint density at radius 1 is 1.67 bits per heavy atom. The fourth-order valence-corrected chi connectivity index (χ4v) is 0.337. The minimum absolute atomic E-state index is 1.41. The normalized spacial score (nSPS) is 8.67. The summed E-state index contributed by atoms with van der Waals surface area (Å²) < 4.78 is 1.94. The summed E-state index contributed by atoms with van der Waals surface area (Å²) in [6.45, 7) is 4.74. The molecule has 0 unspecified atom stereocenters. The maximum atomic E-state index is 4.74. The fourth-order valence-electron chi connectivity index (χ4n) is 0.0848. The predicted octanol–water partition coefficient (Wildman–Crippen LogP) is 0.427. The van der Waals surface area contributed by atoms with Crippen molar-refractivity contribution in [2.45, 2.75) is 0 Å². The number of rotatable bonds is 2. The van der Waals surface area contributed by atoms with Crippen LogP contribution in [-0.2, 0) is 19.4 Å². The molecule has 1 nitrogen and oxygen atoms in total. The van der Waals surface area contributed by atoms with Crippen LogP contribution in [-0.4, -0.2) is 11.1 Å². The van der Waals surface area contributed by atoms with Crippen LogP contribution in [0.15, 0.2) is 17.3 Å². The van der Waals surface area contributed by atoms with Gasteiger partial charge in [-0.05, 0) is 0 Å². The molecule has 0 bridgehead atoms. The third-order valence-electron chi connectivity index (χ3n) is 0.251. The quantitative estimate of drug-likeness (QED) is 0.497. The molecule has 0 N–H and O–H groups in total. The molecule has 0 aromatic rings. The summed E-state index contributed by atoms with van der Waals surface area (Å²) in [4.78, 5) is 3.23. The van der Waals surface area contributed by atoms with Gasteiger partial charge in [-0.25, -0.2) is 0 Å². The van der Waals surface area contributed by atoms with Crippen LogP contribution in [0.4, 0.5) is 0 Å². The molecule has 0 heterocycles. The van der Waals surface area contributed by atoms with Crippen molar-refractivity contribution in [2.75, 3.05) is 0 Å². The number of hydrogen-bond acceptors (Lipinski definition) is 1. The Labute approximate surface area is 48.2 Å². The van der Waals surface area contributed by atoms with Gasteiger partial charge in [0.15, 0.2) is 0 Å². The predicted molar refractivity (Wildman–Crippen MR) is 23.7 cm³/mol. The number of nitrogens with zero attached hydrogens (tertiary/aromatic N) is 1. The van der Waals surface area contributed by atoms with Crippen molar-refractivity contribution in [3.63, 3.8) is 0 Å². The van der Waals surface area contributed by atoms with Crippen molar-refractivity contribution in [2.24, 2.45) is 4.99 Å². The summed E-state index contributed by atoms with van der Waals surface area (Å²) in [6.07, 6.45) is 3.35. The Balaban J connectivity index is 3.17. The number of hydrogen-bond donors (Lipinski definition) is 0. The molecule has 0 rings (SSSR count). The van der Waals surface area contributed by atoms with E-state index in [0.717, 1.165) is 0 Å². The molecule has 0 saturated carbocycles. The molecule has 0 atom stereocenters. The summed E-state index contributed by atoms with van der Waals surface area (Å²) in [6, 6.07) is 0. The summed E-state index contributed by atoms with van der Waals surface area (Å²) in [7, 11) is 0. The van der Waals surface area contributed by atoms with E-state index >= 15 is 0 Å². The maximum absolute atomic E-state index is 4.74. The third-order valence-corrected chi connectivity index (χ3v) is 0.815. The van der Waals surface area contributed by atoms with Crippen molar-refractivity contribution in [3.05, 3.63) is 12.3 Å². The van der Waals surface area contributed by atoms with Crippen molar-refractivity contribution in [1.29, 1.82) is 0 Å². The SMILES string of the molecule is [CH-]=N/C=C\[CH]=[W]. The summed E-state index contributed by atoms with van der Waals surface area (Å²) in [5.74, 6) is 0. The molecule has 0 amide bonds. The van der Waals surface area contributed by atoms with Gasteiger partial charge in [0.25, 0.3) is 0 Å². The molecule has 0 fully saturated rings. The first-order chi connectivity index (χ1) is 2.91. The molecule has 0 saturated heterocycles. The van der Waals surface area contributed by atoms with Crippen LogP contribution in [0.3, 0.4) is 0 Å². The zero-order valence-electron chi connectivity index (χ0n) is 3.16. The molecule has 0 aliphatic carbocycles. The monoisotopic (exact) mass is 250 g/mol. The zero-order valence-corrected chi connectivity index (χ0v) is 6.10. The van der Waals surface area contributed by atoms with Gasteiger partial charge in [-0.1, -0.05) is 0 Å². The summed E-state index contributed by atoms with van der Waals surface area (Å²) in [5, 5.41) is 0. The topological polar surface area (TPSA) is 12.4 Å². The fraction of sp³-hybridized carbons (Fsp3) is 0. The zero-order chi connectivity index (χ0) is 4.83. The van der Waals surface area contributed by atoms with E-state index in [4.69, 9.17) is 6.72 Å². The molecule has 32 valence electrons. The molecule has 0 aliphatic rings. The Bertz CT molecular complexity index is 65.6. The van der Waals surface area contributed by atoms with Crippen LogP contribution >= 0.6 is 0 Å². The summed E-state index contributed by atoms with van der Waals surface area (Å²) in [5.41, 5.74) is 0. The first-order valence-corrected chi connectivity index (χ1v) is 3.11. The Hall–Kier alpha value is -0.0317. The number of allylic oxidation sites excluding steroid dienone is 1. The molecule has 0 aromatic carbocycles. The van der Waals surface area contributed by atoms with Crippen LogP contribution in [0.1, 0.15) is 0 Å². The van der Waals surface area contributed by atoms with Gasteiger partial charge in [-0.15, -0.1) is 0 Å². The average Bonchev–Trinajstić information content (AvgIpc) is 1.61. The molecular weight excluding hydrogens is 246 g/mol. The van der Waals surface area contributed by atoms with Crippen LogP contribution < -0.4 is 0 Å². The molecule has 0 radical (unpaired) electrons. The van der Waals surface area contributed by atoms with E-state index in [2.05, 4.69) is 4.99 Å². The van der Waals surface area contributed by atoms with Gasteiger partial charge < -0.3 is 0 Å². The second kappa shape index (κ2) is 4.97. The Morgan fingerprint density at radius 2 is 2.33 bits per heavy atom. The molecule has 0 spiro atoms. The first-order valence-electron chi connectivity index (χ1n) is 1.42. The van der Waals surface area contributed by atoms with Crippen molar-refractivity contribution in [3.8, 4) is 0 Å². The van der Waals surface area contributed by atoms with Crippen LogP contribution in [0.5, 0.6) is 0 Å². The van der Waals surface area contributed by atoms with Gasteiger partial charge >= 0.3 is 47.7 Å². The van der Waals surface area contributed by atoms with Crippen LogP contribution in [0.2, 0.25) is 0 Å². The van der Waals surface area contributed by atoms with Gasteiger partial charge in [-0.2, -0.15) is 0 Å². The first kappa shape index (κ1) is 5.97. The Kier molecular flexibility index (Phi) is 4.94. The van der Waals surface area contributed by atoms with Gasteiger partial charge in [0.2, 0.25) is 0 Å². The molecule has 2 heteroatoms. The van der Waals surface area contributed by atoms with Crippen LogP contribution in [0.25, 0.3) is 0 Å². The van der Waals surface area contributed by atoms with E-state index in [1.807, 2.05) is 4.40 Å². The Morgan fingerprint density at radius 3 is 2.50 bits per heavy atom. The molecule has 0 aromatic heterocycles. The van der Waals surface area contributed by atoms with E-state index in [9.17, 15) is 0 Å². The van der Waals surface area contributed by atoms with E-state index < -0.39 is 0 Å².